The Morgan fingerprint density at radius 3 is 2.83 bits per heavy atom. The summed E-state index contributed by atoms with van der Waals surface area (Å²) in [5.74, 6) is 0. The molecular weight excluding hydrogens is 228 g/mol. The van der Waals surface area contributed by atoms with E-state index in [1.165, 1.54) is 0 Å². The van der Waals surface area contributed by atoms with E-state index in [0.29, 0.717) is 5.52 Å². The van der Waals surface area contributed by atoms with Crippen molar-refractivity contribution in [2.45, 2.75) is 13.5 Å². The average molecular weight is 241 g/mol. The lowest BCUT2D eigenvalue weighted by atomic mass is 10.2. The molecule has 1 N–H and O–H groups in total. The summed E-state index contributed by atoms with van der Waals surface area (Å²) in [6.07, 6.45) is 3.12. The zero-order chi connectivity index (χ0) is 12.5. The maximum Gasteiger partial charge on any atom is 0.324 e. The van der Waals surface area contributed by atoms with Crippen LogP contribution in [0, 0.1) is 4.91 Å². The molecule has 0 radical (unpaired) electrons. The highest BCUT2D eigenvalue weighted by atomic mass is 16.3. The largest absolute Gasteiger partial charge is 0.329 e. The molecular formula is C13H13N4O+. The number of nitrogens with one attached hydrogen (secondary N) is 1. The number of hydrogen-bond acceptors (Lipinski definition) is 2. The quantitative estimate of drug-likeness (QED) is 0.697. The molecule has 0 atom stereocenters. The molecule has 0 aliphatic carbocycles. The van der Waals surface area contributed by atoms with Crippen LogP contribution in [0.2, 0.25) is 0 Å². The number of H-pyrrole nitrogens is 1. The number of aromatic nitrogens is 4. The van der Waals surface area contributed by atoms with Gasteiger partial charge in [-0.2, -0.15) is 5.10 Å². The first kappa shape index (κ1) is 10.7. The molecule has 0 bridgehead atoms. The van der Waals surface area contributed by atoms with E-state index < -0.39 is 0 Å². The predicted molar refractivity (Wildman–Crippen MR) is 68.6 cm³/mol. The molecule has 0 amide bonds. The minimum Gasteiger partial charge on any atom is -0.329 e. The number of rotatable bonds is 2. The Labute approximate surface area is 103 Å². The molecule has 3 rings (SSSR count). The van der Waals surface area contributed by atoms with Gasteiger partial charge < -0.3 is 4.98 Å². The first-order chi connectivity index (χ1) is 8.79. The Balaban J connectivity index is 2.29. The zero-order valence-electron chi connectivity index (χ0n) is 10.00. The third kappa shape index (κ3) is 1.60. The molecule has 3 aromatic rings. The van der Waals surface area contributed by atoms with Crippen LogP contribution in [0.5, 0.6) is 0 Å². The molecule has 5 heteroatoms. The summed E-state index contributed by atoms with van der Waals surface area (Å²) < 4.78 is 2.63. The van der Waals surface area contributed by atoms with Crippen LogP contribution in [0.3, 0.4) is 0 Å². The van der Waals surface area contributed by atoms with Crippen molar-refractivity contribution in [3.05, 3.63) is 47.6 Å². The SMILES string of the molecule is CCn1ncc2c1[nH]c(-c1ccccc1)c[n+]2=O. The van der Waals surface area contributed by atoms with Gasteiger partial charge in [-0.1, -0.05) is 30.3 Å². The number of aromatic amines is 1. The number of fused-ring (bicyclic) bond motifs is 1. The second-order valence-electron chi connectivity index (χ2n) is 4.05. The van der Waals surface area contributed by atoms with E-state index in [-0.39, 0.29) is 0 Å². The van der Waals surface area contributed by atoms with E-state index in [0.717, 1.165) is 27.9 Å². The lowest BCUT2D eigenvalue weighted by molar-refractivity contribution is -0.463. The van der Waals surface area contributed by atoms with E-state index in [2.05, 4.69) is 10.1 Å². The molecule has 0 fully saturated rings. The Morgan fingerprint density at radius 2 is 2.11 bits per heavy atom. The maximum absolute atomic E-state index is 11.9. The van der Waals surface area contributed by atoms with Gasteiger partial charge in [0, 0.05) is 17.0 Å². The molecule has 1 aromatic carbocycles. The average Bonchev–Trinajstić information content (AvgIpc) is 2.83. The Hall–Kier alpha value is -2.43. The fourth-order valence-corrected chi connectivity index (χ4v) is 2.02. The molecule has 0 saturated heterocycles. The monoisotopic (exact) mass is 241 g/mol. The van der Waals surface area contributed by atoms with Crippen LogP contribution in [0.25, 0.3) is 22.4 Å². The van der Waals surface area contributed by atoms with Crippen LogP contribution in [0.15, 0.2) is 42.7 Å². The molecule has 0 saturated carbocycles. The fraction of sp³-hybridized carbons (Fsp3) is 0.154. The topological polar surface area (TPSA) is 56.6 Å². The lowest BCUT2D eigenvalue weighted by Gasteiger charge is -2.00. The van der Waals surface area contributed by atoms with Crippen LogP contribution in [-0.4, -0.2) is 14.8 Å². The van der Waals surface area contributed by atoms with Crippen molar-refractivity contribution in [1.29, 1.82) is 0 Å². The van der Waals surface area contributed by atoms with Crippen LogP contribution in [0.4, 0.5) is 0 Å². The van der Waals surface area contributed by atoms with Crippen LogP contribution >= 0.6 is 0 Å². The fourth-order valence-electron chi connectivity index (χ4n) is 2.02. The van der Waals surface area contributed by atoms with Gasteiger partial charge in [-0.3, -0.25) is 0 Å². The first-order valence-electron chi connectivity index (χ1n) is 5.86. The molecule has 0 spiro atoms. The normalized spacial score (nSPS) is 10.9. The van der Waals surface area contributed by atoms with Gasteiger partial charge in [-0.25, -0.2) is 4.68 Å². The van der Waals surface area contributed by atoms with Crippen molar-refractivity contribution in [2.24, 2.45) is 0 Å². The van der Waals surface area contributed by atoms with Crippen molar-refractivity contribution in [2.75, 3.05) is 0 Å². The number of aryl methyl sites for hydroxylation is 1. The van der Waals surface area contributed by atoms with Gasteiger partial charge in [0.1, 0.15) is 11.9 Å². The second kappa shape index (κ2) is 4.10. The third-order valence-corrected chi connectivity index (χ3v) is 2.94. The number of hydrogen-bond donors (Lipinski definition) is 1. The van der Waals surface area contributed by atoms with E-state index in [1.54, 1.807) is 17.1 Å². The zero-order valence-corrected chi connectivity index (χ0v) is 10.00. The summed E-state index contributed by atoms with van der Waals surface area (Å²) in [4.78, 5) is 15.2. The van der Waals surface area contributed by atoms with Crippen molar-refractivity contribution in [3.8, 4) is 11.3 Å². The van der Waals surface area contributed by atoms with E-state index >= 15 is 0 Å². The predicted octanol–water partition coefficient (Wildman–Crippen LogP) is 1.97. The number of benzene rings is 1. The molecule has 0 aliphatic heterocycles. The molecule has 2 aromatic heterocycles. The smallest absolute Gasteiger partial charge is 0.324 e. The van der Waals surface area contributed by atoms with E-state index in [1.807, 2.05) is 37.3 Å². The summed E-state index contributed by atoms with van der Waals surface area (Å²) in [6, 6.07) is 9.76. The van der Waals surface area contributed by atoms with Crippen LogP contribution in [0.1, 0.15) is 6.92 Å². The van der Waals surface area contributed by atoms with Gasteiger partial charge in [-0.05, 0) is 6.92 Å². The minimum absolute atomic E-state index is 0.552. The molecule has 0 aliphatic rings. The van der Waals surface area contributed by atoms with Gasteiger partial charge in [0.05, 0.1) is 4.43 Å². The standard InChI is InChI=1S/C13H13N4O/c1-2-16-13-12(8-14-16)17(18)9-11(15-13)10-6-4-3-5-7-10/h3-9H,2H2,1H3,(H,15,18)/q+1. The number of nitrogens with zero attached hydrogens (tertiary/aromatic N) is 3. The molecule has 5 nitrogen and oxygen atoms in total. The highest BCUT2D eigenvalue weighted by Gasteiger charge is 2.15. The van der Waals surface area contributed by atoms with Crippen LogP contribution in [-0.2, 0) is 6.54 Å². The first-order valence-corrected chi connectivity index (χ1v) is 5.86. The third-order valence-electron chi connectivity index (χ3n) is 2.94. The molecule has 18 heavy (non-hydrogen) atoms. The minimum atomic E-state index is 0.552. The highest BCUT2D eigenvalue weighted by molar-refractivity contribution is 5.69. The van der Waals surface area contributed by atoms with E-state index in [4.69, 9.17) is 0 Å². The summed E-state index contributed by atoms with van der Waals surface area (Å²) in [5.41, 5.74) is 3.06. The molecule has 90 valence electrons. The van der Waals surface area contributed by atoms with Gasteiger partial charge >= 0.3 is 5.52 Å². The van der Waals surface area contributed by atoms with Crippen molar-refractivity contribution >= 4 is 11.2 Å². The Morgan fingerprint density at radius 1 is 1.33 bits per heavy atom. The summed E-state index contributed by atoms with van der Waals surface area (Å²) >= 11 is 0. The summed E-state index contributed by atoms with van der Waals surface area (Å²) in [7, 11) is 0. The van der Waals surface area contributed by atoms with Crippen LogP contribution < -0.4 is 4.43 Å². The van der Waals surface area contributed by atoms with Gasteiger partial charge in [-0.15, -0.1) is 0 Å². The molecule has 2 heterocycles. The van der Waals surface area contributed by atoms with Crippen molar-refractivity contribution < 1.29 is 4.43 Å². The lowest BCUT2D eigenvalue weighted by Crippen LogP contribution is -2.15. The second-order valence-corrected chi connectivity index (χ2v) is 4.05. The van der Waals surface area contributed by atoms with Crippen molar-refractivity contribution in [3.63, 3.8) is 0 Å². The van der Waals surface area contributed by atoms with Gasteiger partial charge in [0.15, 0.2) is 0 Å². The van der Waals surface area contributed by atoms with E-state index in [9.17, 15) is 4.91 Å². The highest BCUT2D eigenvalue weighted by Crippen LogP contribution is 2.16. The van der Waals surface area contributed by atoms with Gasteiger partial charge in [0.2, 0.25) is 5.65 Å². The maximum atomic E-state index is 11.9. The summed E-state index contributed by atoms with van der Waals surface area (Å²) in [6.45, 7) is 2.71. The molecule has 0 unspecified atom stereocenters. The van der Waals surface area contributed by atoms with Gasteiger partial charge in [0.25, 0.3) is 6.20 Å². The van der Waals surface area contributed by atoms with Crippen molar-refractivity contribution in [1.82, 2.24) is 14.8 Å². The Kier molecular flexibility index (Phi) is 2.44. The Bertz CT molecular complexity index is 743. The summed E-state index contributed by atoms with van der Waals surface area (Å²) in [5, 5.41) is 4.17.